The van der Waals surface area contributed by atoms with Crippen LogP contribution in [0.5, 0.6) is 0 Å². The second-order valence-corrected chi connectivity index (χ2v) is 5.98. The van der Waals surface area contributed by atoms with Gasteiger partial charge in [-0.3, -0.25) is 0 Å². The fourth-order valence-corrected chi connectivity index (χ4v) is 3.00. The first kappa shape index (κ1) is 13.6. The lowest BCUT2D eigenvalue weighted by atomic mass is 9.94. The van der Waals surface area contributed by atoms with Crippen molar-refractivity contribution in [2.24, 2.45) is 0 Å². The number of thioether (sulfide) groups is 1. The number of nitrogens with one attached hydrogen (secondary N) is 1. The predicted octanol–water partition coefficient (Wildman–Crippen LogP) is 1.93. The molecule has 20 heavy (non-hydrogen) atoms. The van der Waals surface area contributed by atoms with Crippen LogP contribution in [0.1, 0.15) is 24.6 Å². The zero-order valence-corrected chi connectivity index (χ0v) is 11.9. The minimum Gasteiger partial charge on any atom is -0.379 e. The van der Waals surface area contributed by atoms with Crippen LogP contribution in [0.4, 0.5) is 0 Å². The Morgan fingerprint density at radius 1 is 1.35 bits per heavy atom. The van der Waals surface area contributed by atoms with Gasteiger partial charge in [0, 0.05) is 11.4 Å². The van der Waals surface area contributed by atoms with Crippen LogP contribution in [-0.2, 0) is 11.4 Å². The highest BCUT2D eigenvalue weighted by molar-refractivity contribution is 7.98. The third-order valence-corrected chi connectivity index (χ3v) is 4.35. The van der Waals surface area contributed by atoms with E-state index in [0.29, 0.717) is 30.4 Å². The second-order valence-electron chi connectivity index (χ2n) is 4.93. The Morgan fingerprint density at radius 2 is 2.20 bits per heavy atom. The van der Waals surface area contributed by atoms with Gasteiger partial charge in [-0.2, -0.15) is 4.98 Å². The molecule has 0 bridgehead atoms. The number of nitrogens with zero attached hydrogens (tertiary/aromatic N) is 2. The number of piperidine rings is 1. The van der Waals surface area contributed by atoms with Crippen molar-refractivity contribution in [1.29, 1.82) is 0 Å². The quantitative estimate of drug-likeness (QED) is 0.839. The third-order valence-electron chi connectivity index (χ3n) is 3.34. The minimum absolute atomic E-state index is 0.327. The Balaban J connectivity index is 1.65. The second kappa shape index (κ2) is 5.95. The maximum atomic E-state index is 10.5. The minimum atomic E-state index is -1.01. The van der Waals surface area contributed by atoms with Gasteiger partial charge in [0.15, 0.2) is 11.4 Å². The number of β-amino-alcohol motifs (C(OH)–C–C–N with tert-alkyl or cyclic N) is 1. The van der Waals surface area contributed by atoms with E-state index in [1.165, 1.54) is 0 Å². The molecule has 6 heteroatoms. The van der Waals surface area contributed by atoms with E-state index in [9.17, 15) is 5.11 Å². The first-order valence-electron chi connectivity index (χ1n) is 6.70. The van der Waals surface area contributed by atoms with Crippen LogP contribution in [0.2, 0.25) is 0 Å². The Hall–Kier alpha value is -1.37. The highest BCUT2D eigenvalue weighted by Crippen LogP contribution is 2.28. The zero-order chi connectivity index (χ0) is 13.8. The van der Waals surface area contributed by atoms with Crippen LogP contribution in [0.25, 0.3) is 0 Å². The molecule has 2 aromatic rings. The molecule has 1 aliphatic heterocycles. The molecule has 1 atom stereocenters. The van der Waals surface area contributed by atoms with Crippen molar-refractivity contribution in [3.63, 3.8) is 0 Å². The lowest BCUT2D eigenvalue weighted by Crippen LogP contribution is -2.43. The van der Waals surface area contributed by atoms with Crippen LogP contribution in [0.15, 0.2) is 39.8 Å². The Morgan fingerprint density at radius 3 is 2.95 bits per heavy atom. The van der Waals surface area contributed by atoms with Gasteiger partial charge in [0.2, 0.25) is 0 Å². The molecule has 0 spiro atoms. The van der Waals surface area contributed by atoms with E-state index in [1.54, 1.807) is 11.8 Å². The van der Waals surface area contributed by atoms with Crippen LogP contribution in [0.3, 0.4) is 0 Å². The molecule has 1 aliphatic rings. The highest BCUT2D eigenvalue weighted by atomic mass is 32.2. The molecular formula is C14H17N3O2S. The number of aromatic nitrogens is 2. The number of benzene rings is 1. The molecule has 1 unspecified atom stereocenters. The molecule has 1 aromatic carbocycles. The Bertz CT molecular complexity index is 553. The summed E-state index contributed by atoms with van der Waals surface area (Å²) in [6, 6.07) is 10.1. The molecule has 0 amide bonds. The van der Waals surface area contributed by atoms with E-state index in [-0.39, 0.29) is 0 Å². The first-order valence-corrected chi connectivity index (χ1v) is 7.69. The van der Waals surface area contributed by atoms with Gasteiger partial charge in [0.05, 0.1) is 5.75 Å². The van der Waals surface area contributed by atoms with Crippen molar-refractivity contribution in [1.82, 2.24) is 15.5 Å². The summed E-state index contributed by atoms with van der Waals surface area (Å²) in [7, 11) is 0. The molecule has 3 rings (SSSR count). The normalized spacial score (nSPS) is 22.9. The summed E-state index contributed by atoms with van der Waals surface area (Å²) >= 11 is 1.65. The standard InChI is InChI=1S/C14H17N3O2S/c18-14(7-4-8-15-10-14)13-16-12(17-19-13)9-20-11-5-2-1-3-6-11/h1-3,5-6,15,18H,4,7-10H2. The average Bonchev–Trinajstić information content (AvgIpc) is 2.97. The maximum Gasteiger partial charge on any atom is 0.259 e. The monoisotopic (exact) mass is 291 g/mol. The number of rotatable bonds is 4. The maximum absolute atomic E-state index is 10.5. The number of aliphatic hydroxyl groups is 1. The molecule has 1 aromatic heterocycles. The Labute approximate surface area is 121 Å². The summed E-state index contributed by atoms with van der Waals surface area (Å²) in [6.07, 6.45) is 1.57. The van der Waals surface area contributed by atoms with Crippen LogP contribution >= 0.6 is 11.8 Å². The summed E-state index contributed by atoms with van der Waals surface area (Å²) in [5.74, 6) is 1.58. The zero-order valence-electron chi connectivity index (χ0n) is 11.1. The van der Waals surface area contributed by atoms with E-state index in [2.05, 4.69) is 15.5 Å². The molecule has 0 saturated carbocycles. The van der Waals surface area contributed by atoms with Gasteiger partial charge in [-0.25, -0.2) is 0 Å². The Kier molecular flexibility index (Phi) is 4.05. The van der Waals surface area contributed by atoms with Gasteiger partial charge in [-0.1, -0.05) is 23.4 Å². The van der Waals surface area contributed by atoms with Gasteiger partial charge < -0.3 is 14.9 Å². The summed E-state index contributed by atoms with van der Waals surface area (Å²) in [4.78, 5) is 5.50. The number of hydrogen-bond acceptors (Lipinski definition) is 6. The van der Waals surface area contributed by atoms with E-state index in [4.69, 9.17) is 4.52 Å². The lowest BCUT2D eigenvalue weighted by Gasteiger charge is -2.28. The molecule has 0 radical (unpaired) electrons. The fourth-order valence-electron chi connectivity index (χ4n) is 2.24. The van der Waals surface area contributed by atoms with Crippen molar-refractivity contribution in [3.8, 4) is 0 Å². The highest BCUT2D eigenvalue weighted by Gasteiger charge is 2.36. The third kappa shape index (κ3) is 3.03. The fraction of sp³-hybridized carbons (Fsp3) is 0.429. The van der Waals surface area contributed by atoms with Gasteiger partial charge in [-0.05, 0) is 31.5 Å². The van der Waals surface area contributed by atoms with Gasteiger partial charge in [0.1, 0.15) is 0 Å². The molecule has 2 heterocycles. The molecule has 106 valence electrons. The van der Waals surface area contributed by atoms with Crippen LogP contribution in [-0.4, -0.2) is 28.3 Å². The molecule has 1 saturated heterocycles. The predicted molar refractivity (Wildman–Crippen MR) is 76.3 cm³/mol. The molecule has 5 nitrogen and oxygen atoms in total. The molecule has 1 fully saturated rings. The molecule has 2 N–H and O–H groups in total. The molecule has 0 aliphatic carbocycles. The van der Waals surface area contributed by atoms with Crippen LogP contribution in [0, 0.1) is 0 Å². The SMILES string of the molecule is OC1(c2nc(CSc3ccccc3)no2)CCCNC1. The van der Waals surface area contributed by atoms with Gasteiger partial charge in [-0.15, -0.1) is 11.8 Å². The summed E-state index contributed by atoms with van der Waals surface area (Å²) in [5.41, 5.74) is -1.01. The van der Waals surface area contributed by atoms with Crippen molar-refractivity contribution in [2.75, 3.05) is 13.1 Å². The van der Waals surface area contributed by atoms with Crippen molar-refractivity contribution < 1.29 is 9.63 Å². The summed E-state index contributed by atoms with van der Waals surface area (Å²) in [5, 5.41) is 17.6. The van der Waals surface area contributed by atoms with E-state index >= 15 is 0 Å². The molecular weight excluding hydrogens is 274 g/mol. The van der Waals surface area contributed by atoms with E-state index in [0.717, 1.165) is 17.9 Å². The first-order chi connectivity index (χ1) is 9.76. The van der Waals surface area contributed by atoms with Crippen molar-refractivity contribution >= 4 is 11.8 Å². The topological polar surface area (TPSA) is 71.2 Å². The van der Waals surface area contributed by atoms with Crippen molar-refractivity contribution in [2.45, 2.75) is 29.1 Å². The van der Waals surface area contributed by atoms with Gasteiger partial charge >= 0.3 is 0 Å². The smallest absolute Gasteiger partial charge is 0.259 e. The van der Waals surface area contributed by atoms with E-state index < -0.39 is 5.60 Å². The van der Waals surface area contributed by atoms with E-state index in [1.807, 2.05) is 30.3 Å². The lowest BCUT2D eigenvalue weighted by molar-refractivity contribution is -0.0167. The van der Waals surface area contributed by atoms with Crippen LogP contribution < -0.4 is 5.32 Å². The summed E-state index contributed by atoms with van der Waals surface area (Å²) < 4.78 is 5.23. The van der Waals surface area contributed by atoms with Crippen molar-refractivity contribution in [3.05, 3.63) is 42.0 Å². The number of hydrogen-bond donors (Lipinski definition) is 2. The summed E-state index contributed by atoms with van der Waals surface area (Å²) in [6.45, 7) is 1.40. The largest absolute Gasteiger partial charge is 0.379 e. The van der Waals surface area contributed by atoms with Gasteiger partial charge in [0.25, 0.3) is 5.89 Å². The average molecular weight is 291 g/mol.